The molecular formula is C22H23FN4O3S2. The minimum absolute atomic E-state index is 0.00691. The van der Waals surface area contributed by atoms with Gasteiger partial charge >= 0.3 is 0 Å². The van der Waals surface area contributed by atoms with Crippen molar-refractivity contribution in [3.8, 4) is 0 Å². The van der Waals surface area contributed by atoms with Gasteiger partial charge in [0.25, 0.3) is 0 Å². The summed E-state index contributed by atoms with van der Waals surface area (Å²) in [5, 5.41) is 5.59. The van der Waals surface area contributed by atoms with E-state index in [0.29, 0.717) is 48.4 Å². The molecule has 1 aromatic heterocycles. The molecule has 0 bridgehead atoms. The zero-order valence-corrected chi connectivity index (χ0v) is 19.1. The number of thiazole rings is 1. The molecule has 0 radical (unpaired) electrons. The fraction of sp³-hybridized carbons (Fsp3) is 0.273. The van der Waals surface area contributed by atoms with E-state index in [4.69, 9.17) is 0 Å². The molecular weight excluding hydrogens is 451 g/mol. The molecule has 0 atom stereocenters. The van der Waals surface area contributed by atoms with Crippen molar-refractivity contribution in [1.29, 1.82) is 0 Å². The van der Waals surface area contributed by atoms with E-state index in [1.807, 2.05) is 16.3 Å². The predicted octanol–water partition coefficient (Wildman–Crippen LogP) is 3.32. The van der Waals surface area contributed by atoms with E-state index in [0.717, 1.165) is 0 Å². The van der Waals surface area contributed by atoms with Gasteiger partial charge in [-0.1, -0.05) is 12.1 Å². The van der Waals surface area contributed by atoms with Gasteiger partial charge in [-0.15, -0.1) is 11.3 Å². The number of benzene rings is 2. The van der Waals surface area contributed by atoms with Crippen LogP contribution in [0.5, 0.6) is 0 Å². The summed E-state index contributed by atoms with van der Waals surface area (Å²) in [6.45, 7) is 2.24. The monoisotopic (exact) mass is 474 g/mol. The third-order valence-electron chi connectivity index (χ3n) is 5.24. The van der Waals surface area contributed by atoms with Gasteiger partial charge in [-0.25, -0.2) is 17.8 Å². The van der Waals surface area contributed by atoms with Crippen LogP contribution in [0.15, 0.2) is 58.8 Å². The highest BCUT2D eigenvalue weighted by Gasteiger charge is 2.23. The van der Waals surface area contributed by atoms with Crippen LogP contribution >= 0.6 is 11.3 Å². The minimum Gasteiger partial charge on any atom is -0.366 e. The summed E-state index contributed by atoms with van der Waals surface area (Å²) in [6.07, 6.45) is 1.37. The van der Waals surface area contributed by atoms with Crippen molar-refractivity contribution in [3.05, 3.63) is 65.4 Å². The Morgan fingerprint density at radius 1 is 1.09 bits per heavy atom. The van der Waals surface area contributed by atoms with Crippen LogP contribution in [0.1, 0.15) is 5.69 Å². The first-order valence-corrected chi connectivity index (χ1v) is 12.9. The van der Waals surface area contributed by atoms with Gasteiger partial charge in [-0.3, -0.25) is 4.79 Å². The van der Waals surface area contributed by atoms with Crippen LogP contribution in [0.4, 0.5) is 20.9 Å². The molecule has 10 heteroatoms. The van der Waals surface area contributed by atoms with Crippen LogP contribution < -0.4 is 10.2 Å². The molecule has 2 aromatic carbocycles. The number of piperazine rings is 1. The Balaban J connectivity index is 1.31. The van der Waals surface area contributed by atoms with Crippen molar-refractivity contribution < 1.29 is 17.6 Å². The van der Waals surface area contributed by atoms with Crippen LogP contribution in [-0.4, -0.2) is 56.6 Å². The summed E-state index contributed by atoms with van der Waals surface area (Å²) < 4.78 is 37.1. The Kier molecular flexibility index (Phi) is 6.43. The quantitative estimate of drug-likeness (QED) is 0.590. The van der Waals surface area contributed by atoms with E-state index < -0.39 is 9.84 Å². The molecule has 1 amide bonds. The van der Waals surface area contributed by atoms with E-state index in [1.165, 1.54) is 35.8 Å². The summed E-state index contributed by atoms with van der Waals surface area (Å²) in [6, 6.07) is 13.1. The molecule has 0 aliphatic carbocycles. The van der Waals surface area contributed by atoms with Crippen molar-refractivity contribution >= 4 is 43.6 Å². The van der Waals surface area contributed by atoms with Crippen molar-refractivity contribution in [2.75, 3.05) is 42.7 Å². The molecule has 1 fully saturated rings. The lowest BCUT2D eigenvalue weighted by molar-refractivity contribution is -0.130. The van der Waals surface area contributed by atoms with Crippen molar-refractivity contribution in [1.82, 2.24) is 9.88 Å². The average molecular weight is 475 g/mol. The smallest absolute Gasteiger partial charge is 0.228 e. The van der Waals surface area contributed by atoms with Crippen LogP contribution in [0, 0.1) is 5.82 Å². The molecule has 7 nitrogen and oxygen atoms in total. The standard InChI is InChI=1S/C22H23FN4O3S2/c1-32(29,30)18-8-6-16(7-9-18)24-22-25-17(15-31-22)14-21(28)27-12-10-26(11-13-27)20-5-3-2-4-19(20)23/h2-9,15H,10-14H2,1H3,(H,24,25). The average Bonchev–Trinajstić information content (AvgIpc) is 3.20. The summed E-state index contributed by atoms with van der Waals surface area (Å²) >= 11 is 1.38. The second-order valence-electron chi connectivity index (χ2n) is 7.56. The number of halogens is 1. The first-order chi connectivity index (χ1) is 15.3. The van der Waals surface area contributed by atoms with Gasteiger partial charge in [-0.05, 0) is 36.4 Å². The third-order valence-corrected chi connectivity index (χ3v) is 7.18. The highest BCUT2D eigenvalue weighted by atomic mass is 32.2. The number of nitrogens with zero attached hydrogens (tertiary/aromatic N) is 3. The Morgan fingerprint density at radius 2 is 1.78 bits per heavy atom. The fourth-order valence-corrected chi connectivity index (χ4v) is 4.89. The second-order valence-corrected chi connectivity index (χ2v) is 10.4. The normalized spacial score (nSPS) is 14.4. The summed E-state index contributed by atoms with van der Waals surface area (Å²) in [5.41, 5.74) is 1.96. The molecule has 2 heterocycles. The van der Waals surface area contributed by atoms with Gasteiger partial charge < -0.3 is 15.1 Å². The molecule has 0 spiro atoms. The highest BCUT2D eigenvalue weighted by Crippen LogP contribution is 2.24. The Morgan fingerprint density at radius 3 is 2.44 bits per heavy atom. The summed E-state index contributed by atoms with van der Waals surface area (Å²) in [4.78, 5) is 21.2. The van der Waals surface area contributed by atoms with Gasteiger partial charge in [0.15, 0.2) is 15.0 Å². The maximum atomic E-state index is 14.0. The molecule has 1 saturated heterocycles. The van der Waals surface area contributed by atoms with E-state index in [9.17, 15) is 17.6 Å². The number of anilines is 3. The fourth-order valence-electron chi connectivity index (χ4n) is 3.53. The Labute approximate surface area is 190 Å². The maximum Gasteiger partial charge on any atom is 0.228 e. The molecule has 0 unspecified atom stereocenters. The molecule has 3 aromatic rings. The summed E-state index contributed by atoms with van der Waals surface area (Å²) in [7, 11) is -3.24. The molecule has 1 aliphatic heterocycles. The van der Waals surface area contributed by atoms with Gasteiger partial charge in [0.05, 0.1) is 22.7 Å². The second kappa shape index (κ2) is 9.25. The minimum atomic E-state index is -3.24. The number of para-hydroxylation sites is 1. The Bertz CT molecular complexity index is 1200. The molecule has 1 aliphatic rings. The molecule has 1 N–H and O–H groups in total. The number of sulfone groups is 1. The summed E-state index contributed by atoms with van der Waals surface area (Å²) in [5.74, 6) is -0.256. The number of hydrogen-bond acceptors (Lipinski definition) is 7. The number of hydrogen-bond donors (Lipinski definition) is 1. The van der Waals surface area contributed by atoms with Crippen molar-refractivity contribution in [2.24, 2.45) is 0 Å². The zero-order chi connectivity index (χ0) is 22.7. The number of rotatable bonds is 6. The topological polar surface area (TPSA) is 82.6 Å². The molecule has 0 saturated carbocycles. The SMILES string of the molecule is CS(=O)(=O)c1ccc(Nc2nc(CC(=O)N3CCN(c4ccccc4F)CC3)cs2)cc1. The number of aromatic nitrogens is 1. The van der Waals surface area contributed by atoms with E-state index in [-0.39, 0.29) is 23.0 Å². The number of amides is 1. The van der Waals surface area contributed by atoms with E-state index in [2.05, 4.69) is 10.3 Å². The van der Waals surface area contributed by atoms with Gasteiger partial charge in [0.1, 0.15) is 5.82 Å². The predicted molar refractivity (Wildman–Crippen MR) is 124 cm³/mol. The van der Waals surface area contributed by atoms with Crippen molar-refractivity contribution in [3.63, 3.8) is 0 Å². The van der Waals surface area contributed by atoms with E-state index in [1.54, 1.807) is 29.2 Å². The highest BCUT2D eigenvalue weighted by molar-refractivity contribution is 7.90. The third kappa shape index (κ3) is 5.25. The lowest BCUT2D eigenvalue weighted by Crippen LogP contribution is -2.49. The first kappa shape index (κ1) is 22.2. The van der Waals surface area contributed by atoms with Gasteiger partial charge in [-0.2, -0.15) is 0 Å². The van der Waals surface area contributed by atoms with Crippen molar-refractivity contribution in [2.45, 2.75) is 11.3 Å². The number of carbonyl (C=O) groups excluding carboxylic acids is 1. The van der Waals surface area contributed by atoms with Crippen LogP contribution in [0.25, 0.3) is 0 Å². The molecule has 4 rings (SSSR count). The largest absolute Gasteiger partial charge is 0.366 e. The lowest BCUT2D eigenvalue weighted by Gasteiger charge is -2.36. The van der Waals surface area contributed by atoms with Crippen LogP contribution in [0.3, 0.4) is 0 Å². The first-order valence-electron chi connectivity index (χ1n) is 10.1. The van der Waals surface area contributed by atoms with Crippen LogP contribution in [-0.2, 0) is 21.1 Å². The Hall–Kier alpha value is -2.98. The maximum absolute atomic E-state index is 14.0. The van der Waals surface area contributed by atoms with Gasteiger partial charge in [0.2, 0.25) is 5.91 Å². The number of carbonyl (C=O) groups is 1. The van der Waals surface area contributed by atoms with Crippen LogP contribution in [0.2, 0.25) is 0 Å². The lowest BCUT2D eigenvalue weighted by atomic mass is 10.2. The number of nitrogens with one attached hydrogen (secondary N) is 1. The molecule has 168 valence electrons. The zero-order valence-electron chi connectivity index (χ0n) is 17.5. The van der Waals surface area contributed by atoms with Gasteiger partial charge in [0, 0.05) is 43.5 Å². The molecule has 32 heavy (non-hydrogen) atoms. The van der Waals surface area contributed by atoms with E-state index >= 15 is 0 Å².